The number of aromatic amines is 1. The van der Waals surface area contributed by atoms with Crippen LogP contribution < -0.4 is 0 Å². The predicted octanol–water partition coefficient (Wildman–Crippen LogP) is 2.97. The van der Waals surface area contributed by atoms with Gasteiger partial charge in [0.05, 0.1) is 0 Å². The minimum absolute atomic E-state index is 0.638. The van der Waals surface area contributed by atoms with Crippen LogP contribution in [0.15, 0.2) is 30.5 Å². The Kier molecular flexibility index (Phi) is 2.37. The number of hydrogen-bond acceptors (Lipinski definition) is 0. The van der Waals surface area contributed by atoms with Crippen LogP contribution in [0.5, 0.6) is 0 Å². The van der Waals surface area contributed by atoms with Crippen LogP contribution in [0, 0.1) is 0 Å². The van der Waals surface area contributed by atoms with Crippen molar-refractivity contribution in [1.82, 2.24) is 4.98 Å². The molecule has 1 aromatic heterocycles. The van der Waals surface area contributed by atoms with Gasteiger partial charge >= 0.3 is 0 Å². The van der Waals surface area contributed by atoms with Crippen molar-refractivity contribution in [2.24, 2.45) is 0 Å². The number of H-pyrrole nitrogens is 1. The summed E-state index contributed by atoms with van der Waals surface area (Å²) in [6.07, 6.45) is 3.24. The standard InChI is InChI=1S/C11H14NP/c1-8(13)6-9-7-12-11-5-3-2-4-10(9)11/h2-5,7-8,12H,6,13H2,1H3. The van der Waals surface area contributed by atoms with Crippen molar-refractivity contribution >= 4 is 20.1 Å². The fourth-order valence-corrected chi connectivity index (χ4v) is 1.90. The number of rotatable bonds is 2. The van der Waals surface area contributed by atoms with Crippen LogP contribution in [0.25, 0.3) is 10.9 Å². The summed E-state index contributed by atoms with van der Waals surface area (Å²) in [6.45, 7) is 2.21. The molecule has 2 atom stereocenters. The van der Waals surface area contributed by atoms with Crippen LogP contribution in [-0.4, -0.2) is 10.6 Å². The molecule has 1 aromatic carbocycles. The molecule has 0 spiro atoms. The Hall–Kier alpha value is -0.810. The summed E-state index contributed by atoms with van der Waals surface area (Å²) in [6, 6.07) is 8.44. The second kappa shape index (κ2) is 3.51. The highest BCUT2D eigenvalue weighted by Gasteiger charge is 2.03. The van der Waals surface area contributed by atoms with E-state index < -0.39 is 0 Å². The smallest absolute Gasteiger partial charge is 0.0456 e. The largest absolute Gasteiger partial charge is 0.361 e. The van der Waals surface area contributed by atoms with Crippen molar-refractivity contribution in [3.8, 4) is 0 Å². The maximum Gasteiger partial charge on any atom is 0.0456 e. The van der Waals surface area contributed by atoms with Crippen LogP contribution in [0.3, 0.4) is 0 Å². The molecule has 13 heavy (non-hydrogen) atoms. The Balaban J connectivity index is 2.46. The highest BCUT2D eigenvalue weighted by molar-refractivity contribution is 7.17. The minimum Gasteiger partial charge on any atom is -0.361 e. The molecule has 0 saturated carbocycles. The second-order valence-corrected chi connectivity index (χ2v) is 4.68. The Morgan fingerprint density at radius 1 is 1.38 bits per heavy atom. The monoisotopic (exact) mass is 191 g/mol. The fraction of sp³-hybridized carbons (Fsp3) is 0.273. The van der Waals surface area contributed by atoms with E-state index in [9.17, 15) is 0 Å². The van der Waals surface area contributed by atoms with Crippen molar-refractivity contribution in [3.05, 3.63) is 36.0 Å². The zero-order valence-electron chi connectivity index (χ0n) is 7.75. The molecule has 0 saturated heterocycles. The first-order valence-corrected chi connectivity index (χ1v) is 5.24. The molecule has 1 nitrogen and oxygen atoms in total. The van der Waals surface area contributed by atoms with Gasteiger partial charge in [0.25, 0.3) is 0 Å². The highest BCUT2D eigenvalue weighted by Crippen LogP contribution is 2.20. The summed E-state index contributed by atoms with van der Waals surface area (Å²) in [5, 5.41) is 1.36. The van der Waals surface area contributed by atoms with Gasteiger partial charge in [0, 0.05) is 17.1 Å². The molecule has 1 N–H and O–H groups in total. The van der Waals surface area contributed by atoms with E-state index in [-0.39, 0.29) is 0 Å². The molecular formula is C11H14NP. The summed E-state index contributed by atoms with van der Waals surface area (Å²) >= 11 is 0. The van der Waals surface area contributed by atoms with Crippen molar-refractivity contribution in [2.45, 2.75) is 19.0 Å². The van der Waals surface area contributed by atoms with Crippen molar-refractivity contribution in [1.29, 1.82) is 0 Å². The second-order valence-electron chi connectivity index (χ2n) is 3.54. The quantitative estimate of drug-likeness (QED) is 0.702. The molecule has 2 rings (SSSR count). The van der Waals surface area contributed by atoms with Gasteiger partial charge in [0.15, 0.2) is 0 Å². The third-order valence-corrected chi connectivity index (χ3v) is 2.45. The molecule has 0 bridgehead atoms. The average molecular weight is 191 g/mol. The van der Waals surface area contributed by atoms with Crippen LogP contribution in [0.4, 0.5) is 0 Å². The van der Waals surface area contributed by atoms with Crippen LogP contribution in [0.1, 0.15) is 12.5 Å². The van der Waals surface area contributed by atoms with Gasteiger partial charge in [-0.15, -0.1) is 9.24 Å². The van der Waals surface area contributed by atoms with Crippen molar-refractivity contribution in [3.63, 3.8) is 0 Å². The van der Waals surface area contributed by atoms with E-state index in [0.717, 1.165) is 6.42 Å². The fourth-order valence-electron chi connectivity index (χ4n) is 1.65. The predicted molar refractivity (Wildman–Crippen MR) is 61.2 cm³/mol. The van der Waals surface area contributed by atoms with E-state index in [1.165, 1.54) is 16.5 Å². The molecule has 0 aliphatic rings. The lowest BCUT2D eigenvalue weighted by Crippen LogP contribution is -1.94. The Labute approximate surface area is 80.7 Å². The molecular weight excluding hydrogens is 177 g/mol. The van der Waals surface area contributed by atoms with Crippen LogP contribution >= 0.6 is 9.24 Å². The Morgan fingerprint density at radius 2 is 2.15 bits per heavy atom. The number of fused-ring (bicyclic) bond motifs is 1. The number of nitrogens with one attached hydrogen (secondary N) is 1. The molecule has 2 unspecified atom stereocenters. The highest BCUT2D eigenvalue weighted by atomic mass is 31.0. The Morgan fingerprint density at radius 3 is 2.92 bits per heavy atom. The molecule has 0 aliphatic carbocycles. The molecule has 2 heteroatoms. The first kappa shape index (κ1) is 8.77. The molecule has 0 amide bonds. The van der Waals surface area contributed by atoms with Gasteiger partial charge in [0.2, 0.25) is 0 Å². The zero-order valence-corrected chi connectivity index (χ0v) is 8.90. The molecule has 0 aliphatic heterocycles. The van der Waals surface area contributed by atoms with Gasteiger partial charge in [-0.3, -0.25) is 0 Å². The first-order chi connectivity index (χ1) is 6.27. The van der Waals surface area contributed by atoms with E-state index in [1.807, 2.05) is 0 Å². The van der Waals surface area contributed by atoms with E-state index in [1.54, 1.807) is 0 Å². The number of hydrogen-bond donors (Lipinski definition) is 1. The van der Waals surface area contributed by atoms with Gasteiger partial charge in [0.1, 0.15) is 0 Å². The molecule has 2 aromatic rings. The third kappa shape index (κ3) is 1.76. The van der Waals surface area contributed by atoms with E-state index in [2.05, 4.69) is 51.6 Å². The van der Waals surface area contributed by atoms with Gasteiger partial charge < -0.3 is 4.98 Å². The topological polar surface area (TPSA) is 15.8 Å². The summed E-state index contributed by atoms with van der Waals surface area (Å²) < 4.78 is 0. The summed E-state index contributed by atoms with van der Waals surface area (Å²) in [5.74, 6) is 0. The summed E-state index contributed by atoms with van der Waals surface area (Å²) in [7, 11) is 2.84. The van der Waals surface area contributed by atoms with Crippen LogP contribution in [0.2, 0.25) is 0 Å². The summed E-state index contributed by atoms with van der Waals surface area (Å²) in [5.41, 5.74) is 3.29. The normalized spacial score (nSPS) is 13.4. The average Bonchev–Trinajstić information content (AvgIpc) is 2.48. The summed E-state index contributed by atoms with van der Waals surface area (Å²) in [4.78, 5) is 3.28. The number of aromatic nitrogens is 1. The molecule has 0 radical (unpaired) electrons. The zero-order chi connectivity index (χ0) is 9.26. The van der Waals surface area contributed by atoms with E-state index >= 15 is 0 Å². The lowest BCUT2D eigenvalue weighted by molar-refractivity contribution is 0.952. The van der Waals surface area contributed by atoms with Gasteiger partial charge in [-0.05, 0) is 23.7 Å². The molecule has 68 valence electrons. The van der Waals surface area contributed by atoms with Gasteiger partial charge in [-0.2, -0.15) is 0 Å². The number of para-hydroxylation sites is 1. The molecule has 1 heterocycles. The lowest BCUT2D eigenvalue weighted by atomic mass is 10.1. The Bertz CT molecular complexity index is 403. The maximum absolute atomic E-state index is 3.28. The van der Waals surface area contributed by atoms with Gasteiger partial charge in [-0.1, -0.05) is 25.1 Å². The SMILES string of the molecule is CC(P)Cc1c[nH]c2ccccc12. The first-order valence-electron chi connectivity index (χ1n) is 4.58. The van der Waals surface area contributed by atoms with Gasteiger partial charge in [-0.25, -0.2) is 0 Å². The van der Waals surface area contributed by atoms with Crippen molar-refractivity contribution in [2.75, 3.05) is 0 Å². The van der Waals surface area contributed by atoms with E-state index in [0.29, 0.717) is 5.66 Å². The van der Waals surface area contributed by atoms with Crippen LogP contribution in [-0.2, 0) is 6.42 Å². The third-order valence-electron chi connectivity index (χ3n) is 2.22. The molecule has 0 fully saturated rings. The number of benzene rings is 1. The maximum atomic E-state index is 3.28. The minimum atomic E-state index is 0.638. The lowest BCUT2D eigenvalue weighted by Gasteiger charge is -2.01. The van der Waals surface area contributed by atoms with Crippen molar-refractivity contribution < 1.29 is 0 Å². The van der Waals surface area contributed by atoms with E-state index in [4.69, 9.17) is 0 Å².